The van der Waals surface area contributed by atoms with E-state index in [9.17, 15) is 24.2 Å². The monoisotopic (exact) mass is 399 g/mol. The number of phenols is 1. The number of hydrogen-bond donors (Lipinski definition) is 2. The molecule has 0 radical (unpaired) electrons. The molecule has 7 heteroatoms. The Labute approximate surface area is 167 Å². The van der Waals surface area contributed by atoms with Crippen molar-refractivity contribution in [1.29, 1.82) is 0 Å². The number of benzene rings is 2. The number of carbonyl (C=O) groups excluding carboxylic acids is 2. The van der Waals surface area contributed by atoms with Crippen molar-refractivity contribution >= 4 is 17.4 Å². The number of aliphatic hydroxyl groups excluding tert-OH is 1. The molecule has 1 heterocycles. The largest absolute Gasteiger partial charge is 0.508 e. The van der Waals surface area contributed by atoms with Crippen LogP contribution in [0.25, 0.3) is 5.76 Å². The summed E-state index contributed by atoms with van der Waals surface area (Å²) in [5.41, 5.74) is 0.937. The predicted octanol–water partition coefficient (Wildman–Crippen LogP) is 3.30. The van der Waals surface area contributed by atoms with Crippen molar-refractivity contribution in [2.45, 2.75) is 19.4 Å². The summed E-state index contributed by atoms with van der Waals surface area (Å²) in [7, 11) is 1.54. The first-order chi connectivity index (χ1) is 13.8. The highest BCUT2D eigenvalue weighted by atomic mass is 19.1. The lowest BCUT2D eigenvalue weighted by atomic mass is 9.94. The Kier molecular flexibility index (Phi) is 5.98. The number of ketones is 1. The Balaban J connectivity index is 2.14. The third-order valence-corrected chi connectivity index (χ3v) is 4.90. The molecule has 1 aliphatic rings. The molecule has 2 N–H and O–H groups in total. The Morgan fingerprint density at radius 1 is 1.21 bits per heavy atom. The van der Waals surface area contributed by atoms with Crippen LogP contribution in [0.4, 0.5) is 4.39 Å². The summed E-state index contributed by atoms with van der Waals surface area (Å²) in [6.07, 6.45) is 0.495. The molecule has 1 fully saturated rings. The van der Waals surface area contributed by atoms with Gasteiger partial charge < -0.3 is 19.8 Å². The van der Waals surface area contributed by atoms with E-state index in [1.165, 1.54) is 42.3 Å². The van der Waals surface area contributed by atoms with Gasteiger partial charge >= 0.3 is 0 Å². The van der Waals surface area contributed by atoms with Gasteiger partial charge in [0.2, 0.25) is 0 Å². The smallest absolute Gasteiger partial charge is 0.295 e. The van der Waals surface area contributed by atoms with Crippen LogP contribution in [-0.4, -0.2) is 47.1 Å². The molecule has 1 unspecified atom stereocenters. The summed E-state index contributed by atoms with van der Waals surface area (Å²) in [5, 5.41) is 20.8. The number of Topliss-reactive ketones (excluding diaryl/α,β-unsaturated/α-hetero) is 1. The maximum atomic E-state index is 13.6. The summed E-state index contributed by atoms with van der Waals surface area (Å²) in [6, 6.07) is 9.29. The molecule has 1 saturated heterocycles. The van der Waals surface area contributed by atoms with E-state index >= 15 is 0 Å². The average molecular weight is 399 g/mol. The molecule has 0 spiro atoms. The molecule has 0 aromatic heterocycles. The van der Waals surface area contributed by atoms with Gasteiger partial charge in [0.25, 0.3) is 11.7 Å². The topological polar surface area (TPSA) is 87.1 Å². The molecular weight excluding hydrogens is 377 g/mol. The zero-order valence-corrected chi connectivity index (χ0v) is 16.2. The highest BCUT2D eigenvalue weighted by molar-refractivity contribution is 6.46. The zero-order valence-electron chi connectivity index (χ0n) is 16.2. The standard InChI is InChI=1S/C22H22FNO5/c1-13-11-15(7-8-17(13)23)20(26)18-19(14-5-3-6-16(25)12-14)24(9-4-10-29-2)22(28)21(18)27/h3,5-8,11-12,19,25-26H,4,9-10H2,1-2H3/b20-18-. The third-order valence-electron chi connectivity index (χ3n) is 4.90. The molecule has 29 heavy (non-hydrogen) atoms. The lowest BCUT2D eigenvalue weighted by Crippen LogP contribution is -2.31. The molecule has 3 rings (SSSR count). The maximum absolute atomic E-state index is 13.6. The number of carbonyl (C=O) groups is 2. The van der Waals surface area contributed by atoms with Gasteiger partial charge in [0.1, 0.15) is 17.3 Å². The van der Waals surface area contributed by atoms with Crippen LogP contribution in [0.15, 0.2) is 48.0 Å². The molecular formula is C22H22FNO5. The first-order valence-corrected chi connectivity index (χ1v) is 9.18. The lowest BCUT2D eigenvalue weighted by Gasteiger charge is -2.25. The highest BCUT2D eigenvalue weighted by Gasteiger charge is 2.45. The van der Waals surface area contributed by atoms with Crippen LogP contribution in [0, 0.1) is 12.7 Å². The summed E-state index contributed by atoms with van der Waals surface area (Å²) >= 11 is 0. The number of hydrogen-bond acceptors (Lipinski definition) is 5. The fourth-order valence-corrected chi connectivity index (χ4v) is 3.48. The number of likely N-dealkylation sites (tertiary alicyclic amines) is 1. The van der Waals surface area contributed by atoms with Crippen molar-refractivity contribution < 1.29 is 28.9 Å². The quantitative estimate of drug-likeness (QED) is 0.337. The van der Waals surface area contributed by atoms with E-state index in [0.717, 1.165) is 0 Å². The fraction of sp³-hybridized carbons (Fsp3) is 0.273. The number of phenolic OH excluding ortho intramolecular Hbond substituents is 1. The van der Waals surface area contributed by atoms with Crippen molar-refractivity contribution in [2.24, 2.45) is 0 Å². The van der Waals surface area contributed by atoms with Crippen molar-refractivity contribution in [1.82, 2.24) is 4.90 Å². The van der Waals surface area contributed by atoms with Gasteiger partial charge in [-0.2, -0.15) is 0 Å². The Morgan fingerprint density at radius 3 is 2.62 bits per heavy atom. The van der Waals surface area contributed by atoms with E-state index in [4.69, 9.17) is 4.74 Å². The molecule has 152 valence electrons. The Morgan fingerprint density at radius 2 is 1.97 bits per heavy atom. The summed E-state index contributed by atoms with van der Waals surface area (Å²) in [5.74, 6) is -2.41. The first kappa shape index (κ1) is 20.5. The van der Waals surface area contributed by atoms with Crippen molar-refractivity contribution in [3.8, 4) is 5.75 Å². The Hall–Kier alpha value is -3.19. The van der Waals surface area contributed by atoms with Crippen LogP contribution >= 0.6 is 0 Å². The molecule has 0 aliphatic carbocycles. The number of amides is 1. The second-order valence-corrected chi connectivity index (χ2v) is 6.90. The molecule has 1 atom stereocenters. The summed E-state index contributed by atoms with van der Waals surface area (Å²) in [4.78, 5) is 26.9. The first-order valence-electron chi connectivity index (χ1n) is 9.18. The van der Waals surface area contributed by atoms with E-state index < -0.39 is 23.5 Å². The van der Waals surface area contributed by atoms with Crippen LogP contribution in [0.2, 0.25) is 0 Å². The second-order valence-electron chi connectivity index (χ2n) is 6.90. The van der Waals surface area contributed by atoms with Crippen LogP contribution < -0.4 is 0 Å². The van der Waals surface area contributed by atoms with E-state index in [2.05, 4.69) is 0 Å². The normalized spacial score (nSPS) is 18.4. The minimum atomic E-state index is -0.871. The number of methoxy groups -OCH3 is 1. The Bertz CT molecular complexity index is 985. The fourth-order valence-electron chi connectivity index (χ4n) is 3.48. The van der Waals surface area contributed by atoms with Gasteiger partial charge in [-0.15, -0.1) is 0 Å². The lowest BCUT2D eigenvalue weighted by molar-refractivity contribution is -0.140. The number of halogens is 1. The maximum Gasteiger partial charge on any atom is 0.295 e. The van der Waals surface area contributed by atoms with E-state index in [1.54, 1.807) is 19.1 Å². The van der Waals surface area contributed by atoms with Gasteiger partial charge in [0, 0.05) is 25.8 Å². The SMILES string of the molecule is COCCCN1C(=O)C(=O)/C(=C(\O)c2ccc(F)c(C)c2)C1c1cccc(O)c1. The molecule has 2 aromatic carbocycles. The van der Waals surface area contributed by atoms with Crippen LogP contribution in [0.3, 0.4) is 0 Å². The van der Waals surface area contributed by atoms with Crippen LogP contribution in [-0.2, 0) is 14.3 Å². The van der Waals surface area contributed by atoms with Gasteiger partial charge in [0.05, 0.1) is 11.6 Å². The van der Waals surface area contributed by atoms with E-state index in [0.29, 0.717) is 24.2 Å². The van der Waals surface area contributed by atoms with Crippen molar-refractivity contribution in [3.63, 3.8) is 0 Å². The second kappa shape index (κ2) is 8.45. The number of aliphatic hydroxyl groups is 1. The van der Waals surface area contributed by atoms with Crippen molar-refractivity contribution in [2.75, 3.05) is 20.3 Å². The number of ether oxygens (including phenoxy) is 1. The van der Waals surface area contributed by atoms with Gasteiger partial charge in [-0.3, -0.25) is 9.59 Å². The number of nitrogens with zero attached hydrogens (tertiary/aromatic N) is 1. The highest BCUT2D eigenvalue weighted by Crippen LogP contribution is 2.40. The molecule has 2 aromatic rings. The van der Waals surface area contributed by atoms with Crippen LogP contribution in [0.1, 0.15) is 29.2 Å². The molecule has 6 nitrogen and oxygen atoms in total. The van der Waals surface area contributed by atoms with E-state index in [1.807, 2.05) is 0 Å². The molecule has 0 bridgehead atoms. The van der Waals surface area contributed by atoms with Crippen molar-refractivity contribution in [3.05, 3.63) is 70.5 Å². The summed E-state index contributed by atoms with van der Waals surface area (Å²) in [6.45, 7) is 2.17. The molecule has 1 amide bonds. The molecule has 1 aliphatic heterocycles. The van der Waals surface area contributed by atoms with Gasteiger partial charge in [-0.1, -0.05) is 12.1 Å². The van der Waals surface area contributed by atoms with Gasteiger partial charge in [-0.25, -0.2) is 4.39 Å². The van der Waals surface area contributed by atoms with Gasteiger partial charge in [-0.05, 0) is 54.8 Å². The zero-order chi connectivity index (χ0) is 21.1. The minimum Gasteiger partial charge on any atom is -0.508 e. The average Bonchev–Trinajstić information content (AvgIpc) is 2.94. The number of rotatable bonds is 6. The summed E-state index contributed by atoms with van der Waals surface area (Å²) < 4.78 is 18.7. The third kappa shape index (κ3) is 4.00. The predicted molar refractivity (Wildman–Crippen MR) is 105 cm³/mol. The number of aryl methyl sites for hydroxylation is 1. The number of aromatic hydroxyl groups is 1. The van der Waals surface area contributed by atoms with E-state index in [-0.39, 0.29) is 29.2 Å². The molecule has 0 saturated carbocycles. The van der Waals surface area contributed by atoms with Crippen LogP contribution in [0.5, 0.6) is 5.75 Å². The minimum absolute atomic E-state index is 0.0254. The van der Waals surface area contributed by atoms with Gasteiger partial charge in [0.15, 0.2) is 0 Å².